The first-order valence-corrected chi connectivity index (χ1v) is 5.22. The lowest BCUT2D eigenvalue weighted by atomic mass is 10.1. The van der Waals surface area contributed by atoms with Crippen molar-refractivity contribution in [2.75, 3.05) is 6.54 Å². The molecular weight excluding hydrogens is 176 g/mol. The summed E-state index contributed by atoms with van der Waals surface area (Å²) in [4.78, 5) is 13.5. The minimum atomic E-state index is 0.253. The SMILES string of the molecule is CC1C=CC(N2CCCCC2=O)=CN1. The largest absolute Gasteiger partial charge is 0.383 e. The number of piperidine rings is 1. The molecule has 0 radical (unpaired) electrons. The number of dihydropyridines is 1. The van der Waals surface area contributed by atoms with Gasteiger partial charge in [-0.2, -0.15) is 0 Å². The summed E-state index contributed by atoms with van der Waals surface area (Å²) in [5.74, 6) is 0.253. The minimum Gasteiger partial charge on any atom is -0.383 e. The Balaban J connectivity index is 2.07. The molecular formula is C11H16N2O. The Morgan fingerprint density at radius 3 is 3.00 bits per heavy atom. The maximum absolute atomic E-state index is 11.6. The van der Waals surface area contributed by atoms with E-state index in [4.69, 9.17) is 0 Å². The van der Waals surface area contributed by atoms with Gasteiger partial charge in [0.2, 0.25) is 5.91 Å². The van der Waals surface area contributed by atoms with Gasteiger partial charge in [0.25, 0.3) is 0 Å². The Labute approximate surface area is 84.5 Å². The monoisotopic (exact) mass is 192 g/mol. The molecule has 0 aliphatic carbocycles. The van der Waals surface area contributed by atoms with Crippen LogP contribution in [-0.4, -0.2) is 23.4 Å². The molecule has 0 aromatic carbocycles. The minimum absolute atomic E-state index is 0.253. The molecule has 0 spiro atoms. The van der Waals surface area contributed by atoms with E-state index in [1.54, 1.807) is 0 Å². The third-order valence-corrected chi connectivity index (χ3v) is 2.68. The third kappa shape index (κ3) is 1.81. The van der Waals surface area contributed by atoms with Crippen LogP contribution < -0.4 is 5.32 Å². The number of likely N-dealkylation sites (tertiary alicyclic amines) is 1. The average Bonchev–Trinajstić information content (AvgIpc) is 2.20. The fourth-order valence-electron chi connectivity index (χ4n) is 1.81. The van der Waals surface area contributed by atoms with Crippen LogP contribution in [-0.2, 0) is 4.79 Å². The van der Waals surface area contributed by atoms with Crippen LogP contribution in [0.3, 0.4) is 0 Å². The summed E-state index contributed by atoms with van der Waals surface area (Å²) >= 11 is 0. The predicted octanol–water partition coefficient (Wildman–Crippen LogP) is 1.39. The molecule has 1 amide bonds. The molecule has 1 atom stereocenters. The Hall–Kier alpha value is -1.25. The summed E-state index contributed by atoms with van der Waals surface area (Å²) in [7, 11) is 0. The molecule has 14 heavy (non-hydrogen) atoms. The van der Waals surface area contributed by atoms with Crippen LogP contribution in [0, 0.1) is 0 Å². The summed E-state index contributed by atoms with van der Waals surface area (Å²) in [5.41, 5.74) is 1.01. The molecule has 0 aromatic rings. The van der Waals surface area contributed by atoms with E-state index in [9.17, 15) is 4.79 Å². The van der Waals surface area contributed by atoms with Gasteiger partial charge in [-0.3, -0.25) is 4.79 Å². The molecule has 76 valence electrons. The molecule has 1 fully saturated rings. The van der Waals surface area contributed by atoms with Crippen LogP contribution in [0.1, 0.15) is 26.2 Å². The third-order valence-electron chi connectivity index (χ3n) is 2.68. The van der Waals surface area contributed by atoms with Gasteiger partial charge < -0.3 is 10.2 Å². The Bertz CT molecular complexity index is 294. The van der Waals surface area contributed by atoms with Gasteiger partial charge in [-0.05, 0) is 25.8 Å². The number of nitrogens with one attached hydrogen (secondary N) is 1. The van der Waals surface area contributed by atoms with Crippen molar-refractivity contribution in [2.45, 2.75) is 32.2 Å². The van der Waals surface area contributed by atoms with Crippen LogP contribution in [0.4, 0.5) is 0 Å². The van der Waals surface area contributed by atoms with E-state index in [0.29, 0.717) is 12.5 Å². The molecule has 1 unspecified atom stereocenters. The maximum atomic E-state index is 11.6. The molecule has 3 heteroatoms. The number of carbonyl (C=O) groups excluding carboxylic acids is 1. The van der Waals surface area contributed by atoms with Crippen molar-refractivity contribution in [1.82, 2.24) is 10.2 Å². The first kappa shape index (κ1) is 9.31. The second-order valence-corrected chi connectivity index (χ2v) is 3.89. The number of hydrogen-bond acceptors (Lipinski definition) is 2. The Morgan fingerprint density at radius 1 is 1.50 bits per heavy atom. The lowest BCUT2D eigenvalue weighted by Crippen LogP contribution is -2.36. The number of hydrogen-bond donors (Lipinski definition) is 1. The lowest BCUT2D eigenvalue weighted by molar-refractivity contribution is -0.130. The van der Waals surface area contributed by atoms with Crippen molar-refractivity contribution in [2.24, 2.45) is 0 Å². The van der Waals surface area contributed by atoms with Crippen molar-refractivity contribution in [1.29, 1.82) is 0 Å². The maximum Gasteiger partial charge on any atom is 0.227 e. The Kier molecular flexibility index (Phi) is 2.57. The molecule has 2 heterocycles. The summed E-state index contributed by atoms with van der Waals surface area (Å²) < 4.78 is 0. The number of nitrogens with zero attached hydrogens (tertiary/aromatic N) is 1. The van der Waals surface area contributed by atoms with Gasteiger partial charge in [0.15, 0.2) is 0 Å². The molecule has 0 aromatic heterocycles. The quantitative estimate of drug-likeness (QED) is 0.681. The highest BCUT2D eigenvalue weighted by atomic mass is 16.2. The van der Waals surface area contributed by atoms with Crippen molar-refractivity contribution in [3.05, 3.63) is 24.0 Å². The normalized spacial score (nSPS) is 27.2. The molecule has 1 N–H and O–H groups in total. The fourth-order valence-corrected chi connectivity index (χ4v) is 1.81. The number of allylic oxidation sites excluding steroid dienone is 1. The van der Waals surface area contributed by atoms with Crippen LogP contribution in [0.15, 0.2) is 24.0 Å². The van der Waals surface area contributed by atoms with Crippen LogP contribution >= 0.6 is 0 Å². The van der Waals surface area contributed by atoms with E-state index >= 15 is 0 Å². The van der Waals surface area contributed by atoms with Crippen molar-refractivity contribution in [3.8, 4) is 0 Å². The van der Waals surface area contributed by atoms with E-state index in [1.807, 2.05) is 17.2 Å². The molecule has 2 aliphatic heterocycles. The molecule has 0 bridgehead atoms. The molecule has 0 saturated carbocycles. The van der Waals surface area contributed by atoms with Crippen molar-refractivity contribution in [3.63, 3.8) is 0 Å². The van der Waals surface area contributed by atoms with Crippen LogP contribution in [0.2, 0.25) is 0 Å². The van der Waals surface area contributed by atoms with E-state index in [0.717, 1.165) is 25.1 Å². The fraction of sp³-hybridized carbons (Fsp3) is 0.545. The first-order chi connectivity index (χ1) is 6.77. The van der Waals surface area contributed by atoms with E-state index in [1.165, 1.54) is 0 Å². The van der Waals surface area contributed by atoms with Gasteiger partial charge in [-0.15, -0.1) is 0 Å². The van der Waals surface area contributed by atoms with Gasteiger partial charge in [0.05, 0.1) is 5.70 Å². The second kappa shape index (κ2) is 3.86. The number of rotatable bonds is 1. The highest BCUT2D eigenvalue weighted by molar-refractivity contribution is 5.79. The molecule has 1 saturated heterocycles. The predicted molar refractivity (Wildman–Crippen MR) is 55.4 cm³/mol. The van der Waals surface area contributed by atoms with E-state index < -0.39 is 0 Å². The average molecular weight is 192 g/mol. The number of amides is 1. The summed E-state index contributed by atoms with van der Waals surface area (Å²) in [5, 5.41) is 3.21. The van der Waals surface area contributed by atoms with Gasteiger partial charge in [0.1, 0.15) is 0 Å². The zero-order chi connectivity index (χ0) is 9.97. The Morgan fingerprint density at radius 2 is 2.36 bits per heavy atom. The summed E-state index contributed by atoms with van der Waals surface area (Å²) in [6.45, 7) is 2.95. The standard InChI is InChI=1S/C11H16N2O/c1-9-5-6-10(8-12-9)13-7-3-2-4-11(13)14/h5-6,8-9,12H,2-4,7H2,1H3. The van der Waals surface area contributed by atoms with E-state index in [-0.39, 0.29) is 5.91 Å². The zero-order valence-electron chi connectivity index (χ0n) is 8.49. The lowest BCUT2D eigenvalue weighted by Gasteiger charge is -2.29. The summed E-state index contributed by atoms with van der Waals surface area (Å²) in [6.07, 6.45) is 8.90. The topological polar surface area (TPSA) is 32.3 Å². The van der Waals surface area contributed by atoms with Gasteiger partial charge in [-0.1, -0.05) is 6.08 Å². The van der Waals surface area contributed by atoms with Crippen LogP contribution in [0.5, 0.6) is 0 Å². The van der Waals surface area contributed by atoms with Crippen molar-refractivity contribution >= 4 is 5.91 Å². The van der Waals surface area contributed by atoms with Gasteiger partial charge in [0, 0.05) is 25.2 Å². The number of carbonyl (C=O) groups is 1. The molecule has 2 rings (SSSR count). The van der Waals surface area contributed by atoms with Crippen LogP contribution in [0.25, 0.3) is 0 Å². The molecule has 2 aliphatic rings. The van der Waals surface area contributed by atoms with Crippen molar-refractivity contribution < 1.29 is 4.79 Å². The first-order valence-electron chi connectivity index (χ1n) is 5.22. The van der Waals surface area contributed by atoms with Gasteiger partial charge in [-0.25, -0.2) is 0 Å². The molecule has 3 nitrogen and oxygen atoms in total. The smallest absolute Gasteiger partial charge is 0.227 e. The van der Waals surface area contributed by atoms with Gasteiger partial charge >= 0.3 is 0 Å². The highest BCUT2D eigenvalue weighted by Crippen LogP contribution is 2.18. The second-order valence-electron chi connectivity index (χ2n) is 3.89. The highest BCUT2D eigenvalue weighted by Gasteiger charge is 2.21. The van der Waals surface area contributed by atoms with E-state index in [2.05, 4.69) is 18.3 Å². The zero-order valence-corrected chi connectivity index (χ0v) is 8.49. The summed E-state index contributed by atoms with van der Waals surface area (Å²) in [6, 6.07) is 0.374.